The zero-order valence-corrected chi connectivity index (χ0v) is 15.7. The Morgan fingerprint density at radius 1 is 1.25 bits per heavy atom. The van der Waals surface area contributed by atoms with Gasteiger partial charge in [-0.05, 0) is 12.1 Å². The van der Waals surface area contributed by atoms with E-state index in [1.165, 1.54) is 0 Å². The molecule has 0 heterocycles. The van der Waals surface area contributed by atoms with Crippen LogP contribution in [-0.4, -0.2) is 24.0 Å². The molecule has 0 unspecified atom stereocenters. The number of aromatic hydroxyl groups is 1. The minimum absolute atomic E-state index is 0. The smallest absolute Gasteiger partial charge is 0.744 e. The maximum absolute atomic E-state index is 10.5. The van der Waals surface area contributed by atoms with E-state index in [4.69, 9.17) is 5.11 Å². The van der Waals surface area contributed by atoms with Gasteiger partial charge in [0.15, 0.2) is 0 Å². The summed E-state index contributed by atoms with van der Waals surface area (Å²) in [4.78, 5) is 9.41. The maximum atomic E-state index is 10.5. The topological polar surface area (TPSA) is 118 Å². The first-order chi connectivity index (χ1) is 6.32. The third-order valence-corrected chi connectivity index (χ3v) is 2.35. The van der Waals surface area contributed by atoms with Crippen LogP contribution < -0.4 is 108 Å². The van der Waals surface area contributed by atoms with Crippen LogP contribution in [0.3, 0.4) is 0 Å². The molecule has 0 aliphatic heterocycles. The van der Waals surface area contributed by atoms with Gasteiger partial charge in [0.1, 0.15) is 15.9 Å². The SMILES string of the molecule is O=C([O-])c1ccc(S(=O)(=O)[O-])c(O)c1.[K+].[K+]. The molecule has 16 heavy (non-hydrogen) atoms. The molecule has 0 bridgehead atoms. The van der Waals surface area contributed by atoms with Crippen molar-refractivity contribution >= 4 is 16.1 Å². The summed E-state index contributed by atoms with van der Waals surface area (Å²) < 4.78 is 31.4. The number of rotatable bonds is 2. The minimum atomic E-state index is -4.79. The molecule has 0 aliphatic carbocycles. The van der Waals surface area contributed by atoms with Crippen LogP contribution in [0.2, 0.25) is 0 Å². The van der Waals surface area contributed by atoms with E-state index in [-0.39, 0.29) is 103 Å². The summed E-state index contributed by atoms with van der Waals surface area (Å²) in [6.07, 6.45) is 0. The van der Waals surface area contributed by atoms with Gasteiger partial charge in [0.05, 0.1) is 10.9 Å². The summed E-state index contributed by atoms with van der Waals surface area (Å²) in [5.41, 5.74) is -0.407. The van der Waals surface area contributed by atoms with Crippen LogP contribution in [0, 0.1) is 0 Å². The Hall–Kier alpha value is 1.67. The van der Waals surface area contributed by atoms with Crippen LogP contribution in [0.15, 0.2) is 23.1 Å². The second kappa shape index (κ2) is 7.97. The number of carbonyl (C=O) groups is 1. The molecule has 0 amide bonds. The number of aromatic carboxylic acids is 1. The van der Waals surface area contributed by atoms with Crippen LogP contribution in [-0.2, 0) is 10.1 Å². The molecule has 0 saturated carbocycles. The zero-order chi connectivity index (χ0) is 10.9. The van der Waals surface area contributed by atoms with E-state index in [1.807, 2.05) is 0 Å². The summed E-state index contributed by atoms with van der Waals surface area (Å²) in [6, 6.07) is 2.21. The number of hydrogen-bond acceptors (Lipinski definition) is 6. The summed E-state index contributed by atoms with van der Waals surface area (Å²) in [5, 5.41) is 19.3. The van der Waals surface area contributed by atoms with Gasteiger partial charge in [-0.15, -0.1) is 0 Å². The Labute approximate surface area is 177 Å². The van der Waals surface area contributed by atoms with Crippen LogP contribution in [0.25, 0.3) is 0 Å². The molecule has 0 aliphatic rings. The molecule has 9 heteroatoms. The van der Waals surface area contributed by atoms with Gasteiger partial charge >= 0.3 is 103 Å². The minimum Gasteiger partial charge on any atom is -0.744 e. The average molecular weight is 294 g/mol. The second-order valence-corrected chi connectivity index (χ2v) is 3.77. The van der Waals surface area contributed by atoms with Crippen LogP contribution in [0.5, 0.6) is 5.75 Å². The van der Waals surface area contributed by atoms with Gasteiger partial charge in [-0.3, -0.25) is 0 Å². The Balaban J connectivity index is 0. The van der Waals surface area contributed by atoms with Crippen molar-refractivity contribution in [2.24, 2.45) is 0 Å². The number of carbonyl (C=O) groups excluding carboxylic acids is 1. The van der Waals surface area contributed by atoms with Crippen molar-refractivity contribution in [3.63, 3.8) is 0 Å². The van der Waals surface area contributed by atoms with E-state index in [2.05, 4.69) is 0 Å². The molecule has 0 fully saturated rings. The fraction of sp³-hybridized carbons (Fsp3) is 0. The van der Waals surface area contributed by atoms with Crippen molar-refractivity contribution < 1.29 is 131 Å². The van der Waals surface area contributed by atoms with E-state index in [0.717, 1.165) is 6.07 Å². The van der Waals surface area contributed by atoms with Crippen molar-refractivity contribution in [1.82, 2.24) is 0 Å². The molecule has 6 nitrogen and oxygen atoms in total. The summed E-state index contributed by atoms with van der Waals surface area (Å²) in [5.74, 6) is -2.48. The van der Waals surface area contributed by atoms with Crippen molar-refractivity contribution in [3.8, 4) is 5.75 Å². The number of phenols is 1. The molecule has 0 aromatic heterocycles. The Morgan fingerprint density at radius 2 is 1.75 bits per heavy atom. The van der Waals surface area contributed by atoms with Gasteiger partial charge in [0, 0.05) is 5.56 Å². The summed E-state index contributed by atoms with van der Waals surface area (Å²) in [6.45, 7) is 0. The number of carboxylic acids is 1. The van der Waals surface area contributed by atoms with Gasteiger partial charge in [-0.1, -0.05) is 6.07 Å². The number of carboxylic acid groups (broad SMARTS) is 1. The molecule has 0 radical (unpaired) electrons. The molecule has 1 aromatic carbocycles. The molecular weight excluding hydrogens is 290 g/mol. The summed E-state index contributed by atoms with van der Waals surface area (Å²) in [7, 11) is -4.79. The van der Waals surface area contributed by atoms with Crippen molar-refractivity contribution in [2.75, 3.05) is 0 Å². The first-order valence-corrected chi connectivity index (χ1v) is 4.73. The number of phenolic OH excluding ortho intramolecular Hbond substituents is 1. The standard InChI is InChI=1S/C7H6O6S.2K/c8-5-3-4(7(9)10)1-2-6(5)14(11,12)13;;/h1-3,8H,(H,9,10)(H,11,12,13);;/q;2*+1/p-2. The van der Waals surface area contributed by atoms with Gasteiger partial charge < -0.3 is 19.6 Å². The second-order valence-electron chi connectivity index (χ2n) is 2.42. The first-order valence-electron chi connectivity index (χ1n) is 3.32. The summed E-state index contributed by atoms with van der Waals surface area (Å²) >= 11 is 0. The van der Waals surface area contributed by atoms with Gasteiger partial charge in [0.25, 0.3) is 0 Å². The molecule has 76 valence electrons. The van der Waals surface area contributed by atoms with E-state index in [1.54, 1.807) is 0 Å². The van der Waals surface area contributed by atoms with Gasteiger partial charge in [-0.25, -0.2) is 8.42 Å². The van der Waals surface area contributed by atoms with Crippen LogP contribution in [0.4, 0.5) is 0 Å². The third-order valence-electron chi connectivity index (χ3n) is 1.46. The molecule has 0 atom stereocenters. The van der Waals surface area contributed by atoms with Gasteiger partial charge in [0.2, 0.25) is 0 Å². The largest absolute Gasteiger partial charge is 1.00 e. The van der Waals surface area contributed by atoms with Crippen molar-refractivity contribution in [3.05, 3.63) is 23.8 Å². The third kappa shape index (κ3) is 5.54. The molecule has 1 rings (SSSR count). The molecule has 0 spiro atoms. The Morgan fingerprint density at radius 3 is 2.06 bits per heavy atom. The monoisotopic (exact) mass is 294 g/mol. The Kier molecular flexibility index (Phi) is 9.96. The predicted octanol–water partition coefficient (Wildman–Crippen LogP) is -7.33. The van der Waals surface area contributed by atoms with Gasteiger partial charge in [-0.2, -0.15) is 0 Å². The van der Waals surface area contributed by atoms with Crippen LogP contribution in [0.1, 0.15) is 10.4 Å². The van der Waals surface area contributed by atoms with E-state index >= 15 is 0 Å². The zero-order valence-electron chi connectivity index (χ0n) is 8.63. The average Bonchev–Trinajstić information content (AvgIpc) is 2.01. The number of hydrogen-bond donors (Lipinski definition) is 1. The fourth-order valence-corrected chi connectivity index (χ4v) is 1.41. The fourth-order valence-electron chi connectivity index (χ4n) is 0.856. The van der Waals surface area contributed by atoms with E-state index in [9.17, 15) is 22.9 Å². The number of benzene rings is 1. The van der Waals surface area contributed by atoms with E-state index in [0.29, 0.717) is 12.1 Å². The van der Waals surface area contributed by atoms with E-state index < -0.39 is 32.3 Å². The molecular formula is C7H4K2O6S. The molecule has 1 N–H and O–H groups in total. The van der Waals surface area contributed by atoms with Crippen molar-refractivity contribution in [1.29, 1.82) is 0 Å². The molecule has 1 aromatic rings. The normalized spacial score (nSPS) is 9.81. The quantitative estimate of drug-likeness (QED) is 0.428. The predicted molar refractivity (Wildman–Crippen MR) is 40.4 cm³/mol. The van der Waals surface area contributed by atoms with Crippen molar-refractivity contribution in [2.45, 2.75) is 4.90 Å². The van der Waals surface area contributed by atoms with Crippen LogP contribution >= 0.6 is 0 Å². The Bertz CT molecular complexity index is 484. The maximum Gasteiger partial charge on any atom is 1.00 e. The molecule has 0 saturated heterocycles. The first kappa shape index (κ1) is 20.0.